The second-order valence-corrected chi connectivity index (χ2v) is 14.8. The second-order valence-electron chi connectivity index (χ2n) is 14.8. The van der Waals surface area contributed by atoms with Crippen molar-refractivity contribution in [1.29, 1.82) is 0 Å². The minimum absolute atomic E-state index is 0.00749. The molecule has 4 rings (SSSR count). The van der Waals surface area contributed by atoms with Crippen molar-refractivity contribution < 1.29 is 55.1 Å². The quantitative estimate of drug-likeness (QED) is 0.0890. The van der Waals surface area contributed by atoms with Crippen molar-refractivity contribution in [3.05, 3.63) is 0 Å². The number of methoxy groups -OCH3 is 1. The highest BCUT2D eigenvalue weighted by atomic mass is 16.6. The molecule has 12 heteroatoms. The maximum absolute atomic E-state index is 11.3. The lowest BCUT2D eigenvalue weighted by Gasteiger charge is -2.48. The van der Waals surface area contributed by atoms with E-state index in [4.69, 9.17) is 24.7 Å². The Balaban J connectivity index is 1.37. The molecule has 0 radical (unpaired) electrons. The number of likely N-dealkylation sites (N-methyl/N-ethyl adjacent to an activating group) is 1. The van der Waals surface area contributed by atoms with Crippen molar-refractivity contribution >= 4 is 0 Å². The molecule has 0 aromatic heterocycles. The van der Waals surface area contributed by atoms with Gasteiger partial charge in [-0.1, -0.05) is 0 Å². The van der Waals surface area contributed by atoms with E-state index in [2.05, 4.69) is 17.6 Å². The average Bonchev–Trinajstić information content (AvgIpc) is 3.04. The van der Waals surface area contributed by atoms with Crippen molar-refractivity contribution in [1.82, 2.24) is 0 Å². The maximum Gasteiger partial charge on any atom is 0.144 e. The van der Waals surface area contributed by atoms with E-state index in [9.17, 15) is 25.5 Å². The largest absolute Gasteiger partial charge is 0.396 e. The summed E-state index contributed by atoms with van der Waals surface area (Å²) in [6.45, 7) is 4.36. The van der Waals surface area contributed by atoms with Crippen molar-refractivity contribution in [3.63, 3.8) is 0 Å². The second kappa shape index (κ2) is 19.6. The van der Waals surface area contributed by atoms with Gasteiger partial charge in [0, 0.05) is 32.5 Å². The van der Waals surface area contributed by atoms with Crippen molar-refractivity contribution in [2.75, 3.05) is 40.2 Å². The van der Waals surface area contributed by atoms with Gasteiger partial charge in [-0.3, -0.25) is 5.73 Å². The van der Waals surface area contributed by atoms with Crippen molar-refractivity contribution in [2.24, 2.45) is 29.4 Å². The molecule has 2 aliphatic heterocycles. The van der Waals surface area contributed by atoms with E-state index in [1.54, 1.807) is 7.11 Å². The van der Waals surface area contributed by atoms with E-state index in [1.807, 2.05) is 0 Å². The summed E-state index contributed by atoms with van der Waals surface area (Å²) in [5.74, 6) is 0.817. The lowest BCUT2D eigenvalue weighted by Crippen LogP contribution is -2.94. The monoisotopic (exact) mass is 661 g/mol. The molecule has 11 N–H and O–H groups in total. The summed E-state index contributed by atoms with van der Waals surface area (Å²) in [7, 11) is 1.63. The molecule has 4 aliphatic rings. The zero-order chi connectivity index (χ0) is 33.1. The fourth-order valence-corrected chi connectivity index (χ4v) is 8.94. The van der Waals surface area contributed by atoms with E-state index in [0.717, 1.165) is 51.6 Å². The molecule has 0 bridgehead atoms. The van der Waals surface area contributed by atoms with Crippen LogP contribution in [-0.2, 0) is 18.9 Å². The van der Waals surface area contributed by atoms with Gasteiger partial charge < -0.3 is 55.1 Å². The fraction of sp³-hybridized carbons (Fsp3) is 1.00. The number of quaternary nitrogens is 2. The van der Waals surface area contributed by atoms with Gasteiger partial charge >= 0.3 is 0 Å². The van der Waals surface area contributed by atoms with E-state index in [-0.39, 0.29) is 42.9 Å². The van der Waals surface area contributed by atoms with E-state index in [1.165, 1.54) is 6.42 Å². The molecule has 4 fully saturated rings. The maximum atomic E-state index is 11.3. The first-order valence-electron chi connectivity index (χ1n) is 18.4. The summed E-state index contributed by atoms with van der Waals surface area (Å²) in [4.78, 5) is 0. The highest BCUT2D eigenvalue weighted by Crippen LogP contribution is 2.42. The summed E-state index contributed by atoms with van der Waals surface area (Å²) in [6.07, 6.45) is 7.36. The molecular weight excluding hydrogens is 594 g/mol. The van der Waals surface area contributed by atoms with Crippen LogP contribution in [0, 0.1) is 23.7 Å². The Morgan fingerprint density at radius 1 is 0.870 bits per heavy atom. The summed E-state index contributed by atoms with van der Waals surface area (Å²) < 4.78 is 24.5. The smallest absolute Gasteiger partial charge is 0.144 e. The molecular formula is C34H67N3O9+2. The van der Waals surface area contributed by atoms with Crippen molar-refractivity contribution in [3.8, 4) is 0 Å². The third kappa shape index (κ3) is 11.0. The molecule has 0 amide bonds. The molecule has 2 heterocycles. The van der Waals surface area contributed by atoms with Gasteiger partial charge in [0.25, 0.3) is 0 Å². The Kier molecular flexibility index (Phi) is 16.4. The number of rotatable bonds is 17. The first kappa shape index (κ1) is 38.3. The summed E-state index contributed by atoms with van der Waals surface area (Å²) >= 11 is 0. The molecule has 2 saturated heterocycles. The first-order valence-corrected chi connectivity index (χ1v) is 18.4. The summed E-state index contributed by atoms with van der Waals surface area (Å²) in [5.41, 5.74) is 6.19. The molecule has 0 aromatic carbocycles. The lowest BCUT2D eigenvalue weighted by atomic mass is 9.72. The third-order valence-electron chi connectivity index (χ3n) is 11.6. The van der Waals surface area contributed by atoms with Crippen LogP contribution in [0.25, 0.3) is 0 Å². The average molecular weight is 662 g/mol. The Hall–Kier alpha value is -0.480. The lowest BCUT2D eigenvalue weighted by molar-refractivity contribution is -0.700. The van der Waals surface area contributed by atoms with Gasteiger partial charge in [0.05, 0.1) is 62.4 Å². The number of ether oxygens (including phenoxy) is 4. The highest BCUT2D eigenvalue weighted by molar-refractivity contribution is 4.97. The van der Waals surface area contributed by atoms with Crippen LogP contribution >= 0.6 is 0 Å². The molecule has 0 spiro atoms. The van der Waals surface area contributed by atoms with Crippen LogP contribution in [-0.4, -0.2) is 127 Å². The molecule has 14 atom stereocenters. The SMILES string of the molecule is CC[NH2+][C@H](CCC1CC[NH2+]C(N)C1)COC1CC([C@@H]2O[C@@H](CCC3CCC(O)C(OCO)C3)C[C@H](O)[C@@H]2CCO)CC(OC)C1O. The zero-order valence-corrected chi connectivity index (χ0v) is 28.4. The normalized spacial score (nSPS) is 41.3. The van der Waals surface area contributed by atoms with E-state index >= 15 is 0 Å². The fourth-order valence-electron chi connectivity index (χ4n) is 8.94. The van der Waals surface area contributed by atoms with Gasteiger partial charge in [-0.15, -0.1) is 0 Å². The number of hydrogen-bond acceptors (Lipinski definition) is 10. The van der Waals surface area contributed by atoms with Gasteiger partial charge in [-0.05, 0) is 95.3 Å². The zero-order valence-electron chi connectivity index (χ0n) is 28.4. The van der Waals surface area contributed by atoms with E-state index in [0.29, 0.717) is 63.0 Å². The van der Waals surface area contributed by atoms with Gasteiger partial charge in [-0.2, -0.15) is 0 Å². The van der Waals surface area contributed by atoms with Gasteiger partial charge in [0.15, 0.2) is 0 Å². The summed E-state index contributed by atoms with van der Waals surface area (Å²) in [5, 5.41) is 56.5. The van der Waals surface area contributed by atoms with Crippen LogP contribution in [0.2, 0.25) is 0 Å². The topological polar surface area (TPSA) is 197 Å². The van der Waals surface area contributed by atoms with Crippen molar-refractivity contribution in [2.45, 2.75) is 151 Å². The Labute approximate surface area is 276 Å². The Morgan fingerprint density at radius 2 is 1.65 bits per heavy atom. The standard InChI is InChI=1S/C34H65N3O9/c1-3-36-24(7-4-22-10-12-37-32(35)15-22)19-44-31-17-23(16-30(43-2)33(31)42)34-26(11-13-38)28(41)18-25(46-34)8-5-21-6-9-27(40)29(14-21)45-20-39/h21-34,36-42H,3-20,35H2,1-2H3/p+2/t21?,22?,23?,24-,25+,26+,27?,28+,29?,30?,31?,32?,33?,34+/m1/s1. The van der Waals surface area contributed by atoms with Crippen LogP contribution in [0.4, 0.5) is 0 Å². The number of nitrogens with two attached hydrogens (primary N) is 3. The minimum Gasteiger partial charge on any atom is -0.396 e. The predicted molar refractivity (Wildman–Crippen MR) is 171 cm³/mol. The van der Waals surface area contributed by atoms with E-state index < -0.39 is 37.3 Å². The van der Waals surface area contributed by atoms with Crippen LogP contribution in [0.3, 0.4) is 0 Å². The van der Waals surface area contributed by atoms with Gasteiger partial charge in [-0.25, -0.2) is 0 Å². The van der Waals surface area contributed by atoms with Gasteiger partial charge in [0.2, 0.25) is 0 Å². The highest BCUT2D eigenvalue weighted by Gasteiger charge is 2.47. The van der Waals surface area contributed by atoms with Crippen LogP contribution in [0.15, 0.2) is 0 Å². The minimum atomic E-state index is -0.744. The summed E-state index contributed by atoms with van der Waals surface area (Å²) in [6, 6.07) is 0.309. The predicted octanol–water partition coefficient (Wildman–Crippen LogP) is -1.06. The Morgan fingerprint density at radius 3 is 2.37 bits per heavy atom. The van der Waals surface area contributed by atoms with Crippen LogP contribution in [0.5, 0.6) is 0 Å². The van der Waals surface area contributed by atoms with Gasteiger partial charge in [0.1, 0.15) is 25.1 Å². The number of hydrogen-bond donors (Lipinski definition) is 8. The molecule has 2 saturated carbocycles. The molecule has 0 aromatic rings. The Bertz CT molecular complexity index is 846. The number of piperidine rings is 1. The molecule has 46 heavy (non-hydrogen) atoms. The number of aliphatic hydroxyl groups excluding tert-OH is 5. The number of aliphatic hydroxyl groups is 5. The van der Waals surface area contributed by atoms with Crippen LogP contribution < -0.4 is 16.4 Å². The molecule has 2 aliphatic carbocycles. The first-order chi connectivity index (χ1) is 22.3. The molecule has 270 valence electrons. The molecule has 12 nitrogen and oxygen atoms in total. The third-order valence-corrected chi connectivity index (χ3v) is 11.6. The van der Waals surface area contributed by atoms with Crippen LogP contribution in [0.1, 0.15) is 90.4 Å². The molecule has 9 unspecified atom stereocenters.